The summed E-state index contributed by atoms with van der Waals surface area (Å²) in [5.74, 6) is 0. The van der Waals surface area contributed by atoms with Gasteiger partial charge in [0.25, 0.3) is 0 Å². The third-order valence-electron chi connectivity index (χ3n) is 4.78. The summed E-state index contributed by atoms with van der Waals surface area (Å²) in [5.41, 5.74) is 2.17. The van der Waals surface area contributed by atoms with Gasteiger partial charge in [-0.2, -0.15) is 0 Å². The van der Waals surface area contributed by atoms with Crippen molar-refractivity contribution in [2.24, 2.45) is 0 Å². The van der Waals surface area contributed by atoms with Crippen molar-refractivity contribution < 1.29 is 15.3 Å². The first-order chi connectivity index (χ1) is 11.6. The minimum absolute atomic E-state index is 0.187. The number of hydrogen-bond acceptors (Lipinski definition) is 4. The molecule has 1 heterocycles. The van der Waals surface area contributed by atoms with Gasteiger partial charge in [-0.3, -0.25) is 4.90 Å². The standard InChI is InChI=1S/C19H22BrNO3/c20-15-9-5-4-8-14(15)11-21-16(10-13-6-2-1-3-7-13)18(23)19(24)17(21)12-22/h1-9,16-19,22-24H,10-12H2/t16-,17+,18-,19+/m0/s1. The van der Waals surface area contributed by atoms with Crippen molar-refractivity contribution in [1.29, 1.82) is 0 Å². The lowest BCUT2D eigenvalue weighted by Crippen LogP contribution is -2.41. The van der Waals surface area contributed by atoms with Crippen LogP contribution in [-0.2, 0) is 13.0 Å². The number of aliphatic hydroxyl groups is 3. The third-order valence-corrected chi connectivity index (χ3v) is 5.55. The van der Waals surface area contributed by atoms with Gasteiger partial charge in [0.1, 0.15) is 0 Å². The van der Waals surface area contributed by atoms with Crippen molar-refractivity contribution in [3.63, 3.8) is 0 Å². The van der Waals surface area contributed by atoms with E-state index < -0.39 is 18.2 Å². The van der Waals surface area contributed by atoms with E-state index in [4.69, 9.17) is 0 Å². The van der Waals surface area contributed by atoms with Crippen LogP contribution < -0.4 is 0 Å². The molecule has 0 amide bonds. The third kappa shape index (κ3) is 3.55. The molecular formula is C19H22BrNO3. The van der Waals surface area contributed by atoms with Crippen LogP contribution in [0.25, 0.3) is 0 Å². The van der Waals surface area contributed by atoms with Gasteiger partial charge in [-0.25, -0.2) is 0 Å². The van der Waals surface area contributed by atoms with Gasteiger partial charge in [0.15, 0.2) is 0 Å². The fourth-order valence-electron chi connectivity index (χ4n) is 3.46. The van der Waals surface area contributed by atoms with Crippen LogP contribution in [0.15, 0.2) is 59.1 Å². The smallest absolute Gasteiger partial charge is 0.0991 e. The minimum atomic E-state index is -0.953. The first-order valence-electron chi connectivity index (χ1n) is 8.12. The van der Waals surface area contributed by atoms with Gasteiger partial charge in [0, 0.05) is 17.1 Å². The topological polar surface area (TPSA) is 63.9 Å². The highest BCUT2D eigenvalue weighted by Crippen LogP contribution is 2.31. The Morgan fingerprint density at radius 3 is 2.17 bits per heavy atom. The summed E-state index contributed by atoms with van der Waals surface area (Å²) in [5, 5.41) is 30.6. The van der Waals surface area contributed by atoms with E-state index in [1.165, 1.54) is 0 Å². The summed E-state index contributed by atoms with van der Waals surface area (Å²) in [6, 6.07) is 17.1. The second kappa shape index (κ2) is 7.76. The highest BCUT2D eigenvalue weighted by atomic mass is 79.9. The number of aliphatic hydroxyl groups excluding tert-OH is 3. The Morgan fingerprint density at radius 1 is 0.875 bits per heavy atom. The van der Waals surface area contributed by atoms with E-state index in [1.54, 1.807) is 0 Å². The molecule has 2 aromatic carbocycles. The van der Waals surface area contributed by atoms with Crippen LogP contribution in [0.4, 0.5) is 0 Å². The molecule has 5 heteroatoms. The van der Waals surface area contributed by atoms with Crippen LogP contribution in [0, 0.1) is 0 Å². The Balaban J connectivity index is 1.87. The number of benzene rings is 2. The van der Waals surface area contributed by atoms with Gasteiger partial charge in [-0.1, -0.05) is 64.5 Å². The molecule has 3 N–H and O–H groups in total. The van der Waals surface area contributed by atoms with Crippen LogP contribution >= 0.6 is 15.9 Å². The van der Waals surface area contributed by atoms with E-state index in [2.05, 4.69) is 15.9 Å². The molecule has 0 aliphatic carbocycles. The molecule has 1 aliphatic heterocycles. The Kier molecular flexibility index (Phi) is 5.69. The maximum Gasteiger partial charge on any atom is 0.0991 e. The van der Waals surface area contributed by atoms with Crippen molar-refractivity contribution in [2.45, 2.75) is 37.3 Å². The van der Waals surface area contributed by atoms with Crippen molar-refractivity contribution in [3.8, 4) is 0 Å². The lowest BCUT2D eigenvalue weighted by Gasteiger charge is -2.30. The number of likely N-dealkylation sites (tertiary alicyclic amines) is 1. The monoisotopic (exact) mass is 391 g/mol. The highest BCUT2D eigenvalue weighted by molar-refractivity contribution is 9.10. The quantitative estimate of drug-likeness (QED) is 0.728. The largest absolute Gasteiger partial charge is 0.395 e. The van der Waals surface area contributed by atoms with Gasteiger partial charge in [-0.15, -0.1) is 0 Å². The fraction of sp³-hybridized carbons (Fsp3) is 0.368. The Hall–Kier alpha value is -1.24. The molecule has 3 rings (SSSR count). The molecule has 1 aliphatic rings. The normalized spacial score (nSPS) is 27.5. The van der Waals surface area contributed by atoms with Gasteiger partial charge >= 0.3 is 0 Å². The van der Waals surface area contributed by atoms with Crippen molar-refractivity contribution >= 4 is 15.9 Å². The lowest BCUT2D eigenvalue weighted by molar-refractivity contribution is 0.0178. The van der Waals surface area contributed by atoms with Crippen LogP contribution in [0.1, 0.15) is 11.1 Å². The predicted octanol–water partition coefficient (Wildman–Crippen LogP) is 1.96. The molecule has 128 valence electrons. The summed E-state index contributed by atoms with van der Waals surface area (Å²) >= 11 is 3.55. The number of rotatable bonds is 5. The van der Waals surface area contributed by atoms with Gasteiger partial charge in [-0.05, 0) is 23.6 Å². The van der Waals surface area contributed by atoms with Crippen molar-refractivity contribution in [2.75, 3.05) is 6.61 Å². The maximum atomic E-state index is 10.5. The highest BCUT2D eigenvalue weighted by Gasteiger charge is 2.46. The molecule has 4 atom stereocenters. The van der Waals surface area contributed by atoms with E-state index >= 15 is 0 Å². The number of halogens is 1. The molecule has 0 saturated carbocycles. The molecule has 4 nitrogen and oxygen atoms in total. The Labute approximate surface area is 150 Å². The summed E-state index contributed by atoms with van der Waals surface area (Å²) < 4.78 is 0.982. The Bertz CT molecular complexity index is 667. The first-order valence-corrected chi connectivity index (χ1v) is 8.91. The fourth-order valence-corrected chi connectivity index (χ4v) is 3.87. The molecule has 2 aromatic rings. The van der Waals surface area contributed by atoms with E-state index in [0.29, 0.717) is 13.0 Å². The van der Waals surface area contributed by atoms with Gasteiger partial charge in [0.05, 0.1) is 24.9 Å². The molecule has 0 radical (unpaired) electrons. The van der Waals surface area contributed by atoms with Gasteiger partial charge in [0.2, 0.25) is 0 Å². The molecule has 0 aromatic heterocycles. The van der Waals surface area contributed by atoms with Crippen molar-refractivity contribution in [1.82, 2.24) is 4.90 Å². The first kappa shape index (κ1) is 17.6. The van der Waals surface area contributed by atoms with Crippen LogP contribution in [0.3, 0.4) is 0 Å². The summed E-state index contributed by atoms with van der Waals surface area (Å²) in [6.45, 7) is 0.367. The van der Waals surface area contributed by atoms with Crippen LogP contribution in [0.2, 0.25) is 0 Å². The van der Waals surface area contributed by atoms with E-state index in [0.717, 1.165) is 15.6 Å². The average molecular weight is 392 g/mol. The summed E-state index contributed by atoms with van der Waals surface area (Å²) in [6.07, 6.45) is -1.21. The maximum absolute atomic E-state index is 10.5. The number of nitrogens with zero attached hydrogens (tertiary/aromatic N) is 1. The SMILES string of the molecule is OC[C@@H]1[C@@H](O)[C@@H](O)[C@H](Cc2ccccc2)N1Cc1ccccc1Br. The molecule has 0 unspecified atom stereocenters. The zero-order valence-corrected chi connectivity index (χ0v) is 14.9. The second-order valence-electron chi connectivity index (χ2n) is 6.25. The lowest BCUT2D eigenvalue weighted by atomic mass is 10.0. The second-order valence-corrected chi connectivity index (χ2v) is 7.11. The number of hydrogen-bond donors (Lipinski definition) is 3. The average Bonchev–Trinajstić information content (AvgIpc) is 2.82. The zero-order valence-electron chi connectivity index (χ0n) is 13.3. The Morgan fingerprint density at radius 2 is 1.50 bits per heavy atom. The summed E-state index contributed by atoms with van der Waals surface area (Å²) in [4.78, 5) is 2.02. The molecule has 1 fully saturated rings. The van der Waals surface area contributed by atoms with Crippen molar-refractivity contribution in [3.05, 3.63) is 70.2 Å². The van der Waals surface area contributed by atoms with E-state index in [1.807, 2.05) is 59.5 Å². The molecule has 0 spiro atoms. The molecular weight excluding hydrogens is 370 g/mol. The molecule has 1 saturated heterocycles. The van der Waals surface area contributed by atoms with E-state index in [-0.39, 0.29) is 12.6 Å². The zero-order chi connectivity index (χ0) is 17.1. The minimum Gasteiger partial charge on any atom is -0.395 e. The van der Waals surface area contributed by atoms with Crippen LogP contribution in [0.5, 0.6) is 0 Å². The predicted molar refractivity (Wildman–Crippen MR) is 96.5 cm³/mol. The molecule has 0 bridgehead atoms. The van der Waals surface area contributed by atoms with Gasteiger partial charge < -0.3 is 15.3 Å². The van der Waals surface area contributed by atoms with Crippen LogP contribution in [-0.4, -0.2) is 51.1 Å². The van der Waals surface area contributed by atoms with E-state index in [9.17, 15) is 15.3 Å². The summed E-state index contributed by atoms with van der Waals surface area (Å²) in [7, 11) is 0. The molecule has 24 heavy (non-hydrogen) atoms.